The van der Waals surface area contributed by atoms with E-state index in [9.17, 15) is 0 Å². The number of hydrogen-bond donors (Lipinski definition) is 1. The smallest absolute Gasteiger partial charge is 0.0165 e. The lowest BCUT2D eigenvalue weighted by atomic mass is 10.0. The predicted molar refractivity (Wildman–Crippen MR) is 62.6 cm³/mol. The number of nitrogens with zero attached hydrogens (tertiary/aromatic N) is 1. The lowest BCUT2D eigenvalue weighted by molar-refractivity contribution is 0.307. The van der Waals surface area contributed by atoms with Gasteiger partial charge in [0.25, 0.3) is 0 Å². The van der Waals surface area contributed by atoms with Crippen LogP contribution >= 0.6 is 0 Å². The van der Waals surface area contributed by atoms with Gasteiger partial charge in [-0.05, 0) is 45.8 Å². The Morgan fingerprint density at radius 1 is 1.43 bits per heavy atom. The van der Waals surface area contributed by atoms with E-state index in [1.165, 1.54) is 45.3 Å². The minimum Gasteiger partial charge on any atom is -0.320 e. The zero-order chi connectivity index (χ0) is 10.2. The Morgan fingerprint density at radius 2 is 2.29 bits per heavy atom. The lowest BCUT2D eigenvalue weighted by Crippen LogP contribution is -2.28. The summed E-state index contributed by atoms with van der Waals surface area (Å²) in [4.78, 5) is 2.50. The van der Waals surface area contributed by atoms with Crippen LogP contribution in [0.15, 0.2) is 11.6 Å². The maximum Gasteiger partial charge on any atom is 0.0165 e. The third-order valence-corrected chi connectivity index (χ3v) is 3.01. The fraction of sp³-hybridized carbons (Fsp3) is 0.833. The van der Waals surface area contributed by atoms with E-state index in [0.717, 1.165) is 6.54 Å². The van der Waals surface area contributed by atoms with Gasteiger partial charge in [-0.25, -0.2) is 0 Å². The molecule has 0 aromatic rings. The molecule has 0 atom stereocenters. The first kappa shape index (κ1) is 11.7. The molecule has 0 amide bonds. The van der Waals surface area contributed by atoms with Gasteiger partial charge in [-0.1, -0.05) is 18.6 Å². The maximum absolute atomic E-state index is 3.19. The van der Waals surface area contributed by atoms with Crippen molar-refractivity contribution in [3.63, 3.8) is 0 Å². The van der Waals surface area contributed by atoms with Crippen molar-refractivity contribution in [2.45, 2.75) is 32.6 Å². The Morgan fingerprint density at radius 3 is 2.86 bits per heavy atom. The monoisotopic (exact) mass is 196 g/mol. The van der Waals surface area contributed by atoms with Gasteiger partial charge in [0.1, 0.15) is 0 Å². The predicted octanol–water partition coefficient (Wildman–Crippen LogP) is 2.03. The van der Waals surface area contributed by atoms with Crippen LogP contribution < -0.4 is 5.32 Å². The fourth-order valence-corrected chi connectivity index (χ4v) is 1.92. The standard InChI is InChI=1S/C12H24N2/c1-3-14-10-7-12(8-11-14)6-4-5-9-13-2/h7,13H,3-6,8-11H2,1-2H3. The van der Waals surface area contributed by atoms with Crippen LogP contribution in [0.1, 0.15) is 32.6 Å². The normalized spacial score (nSPS) is 18.3. The zero-order valence-electron chi connectivity index (χ0n) is 9.68. The summed E-state index contributed by atoms with van der Waals surface area (Å²) >= 11 is 0. The first-order valence-corrected chi connectivity index (χ1v) is 5.91. The molecule has 1 rings (SSSR count). The Hall–Kier alpha value is -0.340. The largest absolute Gasteiger partial charge is 0.320 e. The van der Waals surface area contributed by atoms with E-state index in [1.54, 1.807) is 5.57 Å². The van der Waals surface area contributed by atoms with Gasteiger partial charge in [-0.15, -0.1) is 0 Å². The van der Waals surface area contributed by atoms with Gasteiger partial charge < -0.3 is 5.32 Å². The molecule has 2 heteroatoms. The quantitative estimate of drug-likeness (QED) is 0.516. The van der Waals surface area contributed by atoms with Crippen molar-refractivity contribution in [2.75, 3.05) is 33.2 Å². The van der Waals surface area contributed by atoms with Crippen molar-refractivity contribution in [2.24, 2.45) is 0 Å². The molecule has 0 spiro atoms. The number of hydrogen-bond acceptors (Lipinski definition) is 2. The van der Waals surface area contributed by atoms with Crippen LogP contribution in [0.5, 0.6) is 0 Å². The highest BCUT2D eigenvalue weighted by atomic mass is 15.1. The Bertz CT molecular complexity index is 175. The van der Waals surface area contributed by atoms with Crippen molar-refractivity contribution in [3.05, 3.63) is 11.6 Å². The highest BCUT2D eigenvalue weighted by Gasteiger charge is 2.08. The average molecular weight is 196 g/mol. The van der Waals surface area contributed by atoms with Crippen molar-refractivity contribution < 1.29 is 0 Å². The van der Waals surface area contributed by atoms with E-state index in [0.29, 0.717) is 0 Å². The van der Waals surface area contributed by atoms with Crippen LogP contribution in [0.25, 0.3) is 0 Å². The molecule has 0 fully saturated rings. The van der Waals surface area contributed by atoms with Crippen molar-refractivity contribution in [3.8, 4) is 0 Å². The summed E-state index contributed by atoms with van der Waals surface area (Å²) in [7, 11) is 2.03. The minimum absolute atomic E-state index is 1.16. The van der Waals surface area contributed by atoms with Gasteiger partial charge in [-0.2, -0.15) is 0 Å². The molecule has 1 heterocycles. The van der Waals surface area contributed by atoms with Crippen molar-refractivity contribution >= 4 is 0 Å². The zero-order valence-corrected chi connectivity index (χ0v) is 9.68. The lowest BCUT2D eigenvalue weighted by Gasteiger charge is -2.24. The Labute approximate surface area is 88.4 Å². The van der Waals surface area contributed by atoms with Gasteiger partial charge in [0.2, 0.25) is 0 Å². The average Bonchev–Trinajstić information content (AvgIpc) is 2.25. The Balaban J connectivity index is 2.10. The molecule has 14 heavy (non-hydrogen) atoms. The third-order valence-electron chi connectivity index (χ3n) is 3.01. The number of rotatable bonds is 6. The molecule has 0 saturated carbocycles. The van der Waals surface area contributed by atoms with Gasteiger partial charge in [0.15, 0.2) is 0 Å². The van der Waals surface area contributed by atoms with E-state index in [1.807, 2.05) is 7.05 Å². The van der Waals surface area contributed by atoms with Crippen molar-refractivity contribution in [1.29, 1.82) is 0 Å². The highest BCUT2D eigenvalue weighted by molar-refractivity contribution is 5.07. The summed E-state index contributed by atoms with van der Waals surface area (Å²) in [6.45, 7) is 7.05. The van der Waals surface area contributed by atoms with Crippen LogP contribution in [0.4, 0.5) is 0 Å². The summed E-state index contributed by atoms with van der Waals surface area (Å²) in [6.07, 6.45) is 7.71. The van der Waals surface area contributed by atoms with Crippen LogP contribution in [-0.4, -0.2) is 38.1 Å². The maximum atomic E-state index is 3.19. The molecule has 0 aromatic carbocycles. The van der Waals surface area contributed by atoms with Crippen LogP contribution in [0, 0.1) is 0 Å². The molecule has 0 aromatic heterocycles. The molecule has 0 bridgehead atoms. The Kier molecular flexibility index (Phi) is 5.88. The molecule has 1 aliphatic rings. The molecule has 0 aliphatic carbocycles. The second-order valence-electron chi connectivity index (χ2n) is 4.07. The number of likely N-dealkylation sites (N-methyl/N-ethyl adjacent to an activating group) is 1. The molecule has 0 saturated heterocycles. The van der Waals surface area contributed by atoms with Gasteiger partial charge in [0, 0.05) is 13.1 Å². The van der Waals surface area contributed by atoms with Crippen LogP contribution in [0.2, 0.25) is 0 Å². The topological polar surface area (TPSA) is 15.3 Å². The summed E-state index contributed by atoms with van der Waals surface area (Å²) in [5, 5.41) is 3.19. The van der Waals surface area contributed by atoms with Crippen LogP contribution in [-0.2, 0) is 0 Å². The first-order valence-electron chi connectivity index (χ1n) is 5.91. The first-order chi connectivity index (χ1) is 6.86. The summed E-state index contributed by atoms with van der Waals surface area (Å²) in [6, 6.07) is 0. The number of nitrogens with one attached hydrogen (secondary N) is 1. The SMILES string of the molecule is CCN1CC=C(CCCCNC)CC1. The second-order valence-corrected chi connectivity index (χ2v) is 4.07. The van der Waals surface area contributed by atoms with E-state index >= 15 is 0 Å². The van der Waals surface area contributed by atoms with Gasteiger partial charge in [0.05, 0.1) is 0 Å². The molecule has 0 radical (unpaired) electrons. The molecule has 1 aliphatic heterocycles. The van der Waals surface area contributed by atoms with Crippen molar-refractivity contribution in [1.82, 2.24) is 10.2 Å². The van der Waals surface area contributed by atoms with E-state index in [4.69, 9.17) is 0 Å². The fourth-order valence-electron chi connectivity index (χ4n) is 1.92. The summed E-state index contributed by atoms with van der Waals surface area (Å²) in [5.41, 5.74) is 1.69. The van der Waals surface area contributed by atoms with E-state index < -0.39 is 0 Å². The summed E-state index contributed by atoms with van der Waals surface area (Å²) < 4.78 is 0. The second kappa shape index (κ2) is 7.02. The number of unbranched alkanes of at least 4 members (excludes halogenated alkanes) is 1. The molecule has 2 nitrogen and oxygen atoms in total. The molecule has 1 N–H and O–H groups in total. The third kappa shape index (κ3) is 4.25. The molecular formula is C12H24N2. The summed E-state index contributed by atoms with van der Waals surface area (Å²) in [5.74, 6) is 0. The minimum atomic E-state index is 1.16. The van der Waals surface area contributed by atoms with E-state index in [-0.39, 0.29) is 0 Å². The van der Waals surface area contributed by atoms with Gasteiger partial charge >= 0.3 is 0 Å². The molecular weight excluding hydrogens is 172 g/mol. The molecule has 82 valence electrons. The molecule has 0 unspecified atom stereocenters. The van der Waals surface area contributed by atoms with E-state index in [2.05, 4.69) is 23.2 Å². The van der Waals surface area contributed by atoms with Crippen LogP contribution in [0.3, 0.4) is 0 Å². The highest BCUT2D eigenvalue weighted by Crippen LogP contribution is 2.16. The van der Waals surface area contributed by atoms with Gasteiger partial charge in [-0.3, -0.25) is 4.90 Å².